The predicted molar refractivity (Wildman–Crippen MR) is 81.0 cm³/mol. The molecule has 2 rings (SSSR count). The molecular weight excluding hydrogens is 309 g/mol. The molecule has 1 heterocycles. The van der Waals surface area contributed by atoms with E-state index in [2.05, 4.69) is 0 Å². The number of halogens is 3. The van der Waals surface area contributed by atoms with E-state index >= 15 is 0 Å². The van der Waals surface area contributed by atoms with Crippen LogP contribution in [0.3, 0.4) is 0 Å². The van der Waals surface area contributed by atoms with Crippen molar-refractivity contribution in [3.8, 4) is 0 Å². The van der Waals surface area contributed by atoms with Crippen molar-refractivity contribution in [3.05, 3.63) is 29.8 Å². The summed E-state index contributed by atoms with van der Waals surface area (Å²) in [6.45, 7) is 1.88. The number of nitrogens with two attached hydrogens (primary N) is 1. The number of hydrogen-bond donors (Lipinski definition) is 1. The van der Waals surface area contributed by atoms with Gasteiger partial charge in [0.05, 0.1) is 5.56 Å². The van der Waals surface area contributed by atoms with Gasteiger partial charge in [-0.15, -0.1) is 0 Å². The number of anilines is 1. The summed E-state index contributed by atoms with van der Waals surface area (Å²) in [4.78, 5) is 13.9. The molecule has 0 aliphatic carbocycles. The third-order valence-corrected chi connectivity index (χ3v) is 3.92. The normalized spacial score (nSPS) is 17.7. The lowest BCUT2D eigenvalue weighted by molar-refractivity contribution is -0.206. The van der Waals surface area contributed by atoms with Crippen LogP contribution < -0.4 is 5.73 Å². The van der Waals surface area contributed by atoms with Gasteiger partial charge in [0.25, 0.3) is 0 Å². The molecule has 0 unspecified atom stereocenters. The van der Waals surface area contributed by atoms with E-state index in [1.807, 2.05) is 4.90 Å². The number of piperidine rings is 1. The summed E-state index contributed by atoms with van der Waals surface area (Å²) >= 11 is 0. The zero-order chi connectivity index (χ0) is 16.9. The maximum atomic E-state index is 13.1. The molecule has 0 radical (unpaired) electrons. The Hall–Kier alpha value is -1.76. The highest BCUT2D eigenvalue weighted by Gasteiger charge is 2.42. The molecule has 2 N–H and O–H groups in total. The van der Waals surface area contributed by atoms with Gasteiger partial charge in [-0.1, -0.05) is 6.42 Å². The Morgan fingerprint density at radius 1 is 1.17 bits per heavy atom. The van der Waals surface area contributed by atoms with E-state index in [-0.39, 0.29) is 18.5 Å². The van der Waals surface area contributed by atoms with Crippen LogP contribution in [0.25, 0.3) is 0 Å². The summed E-state index contributed by atoms with van der Waals surface area (Å²) in [5.74, 6) is -0.981. The summed E-state index contributed by atoms with van der Waals surface area (Å²) in [6, 6.07) is 5.62. The minimum Gasteiger partial charge on any atom is -0.449 e. The number of likely N-dealkylation sites (tertiary alicyclic amines) is 1. The standard InChI is InChI=1S/C16H21F3N2O2/c17-16(18,19)14(8-11-21-9-2-1-3-10-21)23-15(22)12-4-6-13(20)7-5-12/h4-7,14H,1-3,8-11,20H2/t14-/m0/s1. The highest BCUT2D eigenvalue weighted by Crippen LogP contribution is 2.27. The quantitative estimate of drug-likeness (QED) is 0.665. The fraction of sp³-hybridized carbons (Fsp3) is 0.562. The molecule has 1 aromatic carbocycles. The number of benzene rings is 1. The van der Waals surface area contributed by atoms with Crippen molar-refractivity contribution in [2.24, 2.45) is 0 Å². The Labute approximate surface area is 133 Å². The van der Waals surface area contributed by atoms with Crippen molar-refractivity contribution in [3.63, 3.8) is 0 Å². The molecule has 1 aromatic rings. The van der Waals surface area contributed by atoms with Crippen molar-refractivity contribution in [1.82, 2.24) is 4.90 Å². The number of esters is 1. The average Bonchev–Trinajstić information content (AvgIpc) is 2.51. The van der Waals surface area contributed by atoms with Gasteiger partial charge in [-0.05, 0) is 50.2 Å². The zero-order valence-corrected chi connectivity index (χ0v) is 12.8. The molecule has 7 heteroatoms. The lowest BCUT2D eigenvalue weighted by atomic mass is 10.1. The molecular formula is C16H21F3N2O2. The molecule has 1 aliphatic rings. The van der Waals surface area contributed by atoms with E-state index in [0.29, 0.717) is 5.69 Å². The van der Waals surface area contributed by atoms with Gasteiger partial charge in [-0.3, -0.25) is 0 Å². The fourth-order valence-corrected chi connectivity index (χ4v) is 2.59. The van der Waals surface area contributed by atoms with Gasteiger partial charge in [-0.2, -0.15) is 13.2 Å². The number of nitrogen functional groups attached to an aromatic ring is 1. The summed E-state index contributed by atoms with van der Waals surface area (Å²) in [5.41, 5.74) is 5.98. The minimum absolute atomic E-state index is 0.0615. The lowest BCUT2D eigenvalue weighted by Gasteiger charge is -2.28. The first-order valence-corrected chi connectivity index (χ1v) is 7.72. The lowest BCUT2D eigenvalue weighted by Crippen LogP contribution is -2.39. The first kappa shape index (κ1) is 17.6. The Balaban J connectivity index is 1.95. The highest BCUT2D eigenvalue weighted by molar-refractivity contribution is 5.89. The van der Waals surface area contributed by atoms with Crippen molar-refractivity contribution in [1.29, 1.82) is 0 Å². The Bertz CT molecular complexity index is 511. The molecule has 1 aliphatic heterocycles. The van der Waals surface area contributed by atoms with Gasteiger partial charge in [-0.25, -0.2) is 4.79 Å². The van der Waals surface area contributed by atoms with Crippen LogP contribution in [0.2, 0.25) is 0 Å². The molecule has 1 fully saturated rings. The van der Waals surface area contributed by atoms with Gasteiger partial charge < -0.3 is 15.4 Å². The molecule has 128 valence electrons. The van der Waals surface area contributed by atoms with E-state index in [1.54, 1.807) is 0 Å². The van der Waals surface area contributed by atoms with E-state index in [0.717, 1.165) is 32.4 Å². The molecule has 0 bridgehead atoms. The third kappa shape index (κ3) is 5.42. The van der Waals surface area contributed by atoms with Crippen LogP contribution in [0.15, 0.2) is 24.3 Å². The first-order chi connectivity index (χ1) is 10.9. The second-order valence-corrected chi connectivity index (χ2v) is 5.75. The van der Waals surface area contributed by atoms with Crippen LogP contribution in [0.5, 0.6) is 0 Å². The second kappa shape index (κ2) is 7.68. The molecule has 4 nitrogen and oxygen atoms in total. The molecule has 0 aromatic heterocycles. The third-order valence-electron chi connectivity index (χ3n) is 3.92. The molecule has 0 amide bonds. The SMILES string of the molecule is Nc1ccc(C(=O)O[C@@H](CCN2CCCCC2)C(F)(F)F)cc1. The van der Waals surface area contributed by atoms with Crippen LogP contribution in [-0.2, 0) is 4.74 Å². The van der Waals surface area contributed by atoms with Crippen LogP contribution >= 0.6 is 0 Å². The second-order valence-electron chi connectivity index (χ2n) is 5.75. The van der Waals surface area contributed by atoms with Crippen LogP contribution in [-0.4, -0.2) is 42.8 Å². The Kier molecular flexibility index (Phi) is 5.87. The van der Waals surface area contributed by atoms with Crippen LogP contribution in [0.4, 0.5) is 18.9 Å². The summed E-state index contributed by atoms with van der Waals surface area (Å²) in [7, 11) is 0. The summed E-state index contributed by atoms with van der Waals surface area (Å²) in [6.07, 6.45) is -3.78. The fourth-order valence-electron chi connectivity index (χ4n) is 2.59. The van der Waals surface area contributed by atoms with Gasteiger partial charge in [0.2, 0.25) is 0 Å². The maximum Gasteiger partial charge on any atom is 0.425 e. The van der Waals surface area contributed by atoms with Gasteiger partial charge in [0.15, 0.2) is 6.10 Å². The predicted octanol–water partition coefficient (Wildman–Crippen LogP) is 3.23. The van der Waals surface area contributed by atoms with Crippen LogP contribution in [0, 0.1) is 0 Å². The number of hydrogen-bond acceptors (Lipinski definition) is 4. The summed E-state index contributed by atoms with van der Waals surface area (Å²) < 4.78 is 44.0. The topological polar surface area (TPSA) is 55.6 Å². The van der Waals surface area contributed by atoms with Crippen molar-refractivity contribution < 1.29 is 22.7 Å². The van der Waals surface area contributed by atoms with E-state index in [9.17, 15) is 18.0 Å². The van der Waals surface area contributed by atoms with Gasteiger partial charge >= 0.3 is 12.1 Å². The first-order valence-electron chi connectivity index (χ1n) is 7.72. The summed E-state index contributed by atoms with van der Waals surface area (Å²) in [5, 5.41) is 0. The maximum absolute atomic E-state index is 13.1. The smallest absolute Gasteiger partial charge is 0.425 e. The Morgan fingerprint density at radius 3 is 2.35 bits per heavy atom. The molecule has 0 spiro atoms. The number of rotatable bonds is 5. The van der Waals surface area contributed by atoms with Crippen LogP contribution in [0.1, 0.15) is 36.0 Å². The number of alkyl halides is 3. The molecule has 1 saturated heterocycles. The number of carbonyl (C=O) groups excluding carboxylic acids is 1. The van der Waals surface area contributed by atoms with E-state index in [4.69, 9.17) is 10.5 Å². The van der Waals surface area contributed by atoms with Crippen molar-refractivity contribution >= 4 is 11.7 Å². The van der Waals surface area contributed by atoms with Crippen molar-refractivity contribution in [2.45, 2.75) is 38.0 Å². The highest BCUT2D eigenvalue weighted by atomic mass is 19.4. The molecule has 0 saturated carbocycles. The Morgan fingerprint density at radius 2 is 1.78 bits per heavy atom. The minimum atomic E-state index is -4.57. The average molecular weight is 330 g/mol. The monoisotopic (exact) mass is 330 g/mol. The molecule has 1 atom stereocenters. The number of ether oxygens (including phenoxy) is 1. The molecule has 23 heavy (non-hydrogen) atoms. The van der Waals surface area contributed by atoms with Crippen molar-refractivity contribution in [2.75, 3.05) is 25.4 Å². The number of carbonyl (C=O) groups is 1. The largest absolute Gasteiger partial charge is 0.449 e. The van der Waals surface area contributed by atoms with E-state index in [1.165, 1.54) is 24.3 Å². The van der Waals surface area contributed by atoms with E-state index < -0.39 is 18.2 Å². The van der Waals surface area contributed by atoms with Gasteiger partial charge in [0, 0.05) is 18.7 Å². The van der Waals surface area contributed by atoms with Gasteiger partial charge in [0.1, 0.15) is 0 Å². The number of nitrogens with zero attached hydrogens (tertiary/aromatic N) is 1. The zero-order valence-electron chi connectivity index (χ0n) is 12.8.